The number of carbonyl (C=O) groups excluding carboxylic acids is 2. The van der Waals surface area contributed by atoms with Crippen molar-refractivity contribution in [3.63, 3.8) is 0 Å². The summed E-state index contributed by atoms with van der Waals surface area (Å²) in [4.78, 5) is 33.2. The molecule has 0 N–H and O–H groups in total. The van der Waals surface area contributed by atoms with Crippen LogP contribution >= 0.6 is 0 Å². The summed E-state index contributed by atoms with van der Waals surface area (Å²) < 4.78 is 5.75. The molecule has 2 aliphatic rings. The molecular weight excluding hydrogens is 414 g/mol. The summed E-state index contributed by atoms with van der Waals surface area (Å²) in [5, 5.41) is 0. The molecule has 6 nitrogen and oxygen atoms in total. The quantitative estimate of drug-likeness (QED) is 0.599. The Bertz CT molecular complexity index is 1050. The molecule has 2 aromatic carbocycles. The molecule has 0 bridgehead atoms. The fourth-order valence-corrected chi connectivity index (χ4v) is 4.56. The van der Waals surface area contributed by atoms with Crippen LogP contribution in [0.2, 0.25) is 0 Å². The number of anilines is 1. The highest BCUT2D eigenvalue weighted by atomic mass is 16.5. The van der Waals surface area contributed by atoms with Gasteiger partial charge in [-0.25, -0.2) is 4.90 Å². The van der Waals surface area contributed by atoms with Gasteiger partial charge in [0.05, 0.1) is 17.9 Å². The van der Waals surface area contributed by atoms with E-state index in [2.05, 4.69) is 11.9 Å². The molecule has 33 heavy (non-hydrogen) atoms. The summed E-state index contributed by atoms with van der Waals surface area (Å²) in [6.45, 7) is 6.59. The molecule has 0 aliphatic carbocycles. The summed E-state index contributed by atoms with van der Waals surface area (Å²) in [5.74, 6) is 0.0971. The van der Waals surface area contributed by atoms with Crippen molar-refractivity contribution < 1.29 is 14.3 Å². The molecule has 0 saturated carbocycles. The molecule has 0 atom stereocenters. The molecule has 2 amide bonds. The summed E-state index contributed by atoms with van der Waals surface area (Å²) in [6, 6.07) is 15.3. The van der Waals surface area contributed by atoms with Crippen LogP contribution in [0, 0.1) is 6.92 Å². The van der Waals surface area contributed by atoms with Crippen molar-refractivity contribution in [2.24, 2.45) is 0 Å². The van der Waals surface area contributed by atoms with Gasteiger partial charge in [-0.3, -0.25) is 9.59 Å². The van der Waals surface area contributed by atoms with E-state index in [0.717, 1.165) is 43.5 Å². The number of piperidine rings is 1. The number of carbonyl (C=O) groups is 2. The van der Waals surface area contributed by atoms with Crippen LogP contribution in [0.15, 0.2) is 54.2 Å². The van der Waals surface area contributed by atoms with Gasteiger partial charge in [-0.05, 0) is 64.0 Å². The second-order valence-electron chi connectivity index (χ2n) is 9.03. The fourth-order valence-electron chi connectivity index (χ4n) is 4.56. The van der Waals surface area contributed by atoms with Gasteiger partial charge in [-0.1, -0.05) is 42.8 Å². The predicted octanol–water partition coefficient (Wildman–Crippen LogP) is 4.09. The first-order valence-electron chi connectivity index (χ1n) is 11.7. The van der Waals surface area contributed by atoms with E-state index in [9.17, 15) is 9.59 Å². The van der Waals surface area contributed by atoms with Gasteiger partial charge < -0.3 is 14.5 Å². The smallest absolute Gasteiger partial charge is 0.282 e. The fraction of sp³-hybridized carbons (Fsp3) is 0.407. The Labute approximate surface area is 196 Å². The first kappa shape index (κ1) is 23.1. The van der Waals surface area contributed by atoms with E-state index < -0.39 is 0 Å². The normalized spacial score (nSPS) is 17.8. The van der Waals surface area contributed by atoms with Crippen LogP contribution in [0.1, 0.15) is 37.3 Å². The van der Waals surface area contributed by atoms with Gasteiger partial charge in [-0.2, -0.15) is 0 Å². The average Bonchev–Trinajstić information content (AvgIpc) is 3.08. The highest BCUT2D eigenvalue weighted by molar-refractivity contribution is 6.45. The number of ether oxygens (including phenoxy) is 1. The van der Waals surface area contributed by atoms with Gasteiger partial charge >= 0.3 is 0 Å². The maximum absolute atomic E-state index is 13.8. The Kier molecular flexibility index (Phi) is 6.84. The number of likely N-dealkylation sites (tertiary alicyclic amines) is 1. The molecule has 174 valence electrons. The largest absolute Gasteiger partial charge is 0.494 e. The monoisotopic (exact) mass is 447 g/mol. The molecule has 2 aromatic rings. The lowest BCUT2D eigenvalue weighted by molar-refractivity contribution is -0.120. The molecule has 6 heteroatoms. The first-order chi connectivity index (χ1) is 15.9. The van der Waals surface area contributed by atoms with E-state index in [1.54, 1.807) is 12.1 Å². The number of aryl methyl sites for hydroxylation is 1. The van der Waals surface area contributed by atoms with Crippen LogP contribution in [-0.2, 0) is 9.59 Å². The van der Waals surface area contributed by atoms with Gasteiger partial charge in [0.1, 0.15) is 11.4 Å². The maximum Gasteiger partial charge on any atom is 0.282 e. The molecule has 0 spiro atoms. The highest BCUT2D eigenvalue weighted by Gasteiger charge is 2.43. The minimum absolute atomic E-state index is 0.215. The van der Waals surface area contributed by atoms with E-state index >= 15 is 0 Å². The lowest BCUT2D eigenvalue weighted by atomic mass is 9.99. The summed E-state index contributed by atoms with van der Waals surface area (Å²) >= 11 is 0. The Morgan fingerprint density at radius 2 is 1.73 bits per heavy atom. The van der Waals surface area contributed by atoms with Crippen molar-refractivity contribution in [1.29, 1.82) is 0 Å². The molecule has 2 aliphatic heterocycles. The van der Waals surface area contributed by atoms with Gasteiger partial charge in [0, 0.05) is 19.2 Å². The van der Waals surface area contributed by atoms with E-state index in [-0.39, 0.29) is 17.9 Å². The Morgan fingerprint density at radius 3 is 2.39 bits per heavy atom. The van der Waals surface area contributed by atoms with Crippen molar-refractivity contribution in [2.45, 2.75) is 39.2 Å². The Balaban J connectivity index is 1.74. The van der Waals surface area contributed by atoms with Gasteiger partial charge in [0.25, 0.3) is 11.8 Å². The Morgan fingerprint density at radius 1 is 1.03 bits per heavy atom. The van der Waals surface area contributed by atoms with Gasteiger partial charge in [0.15, 0.2) is 0 Å². The second kappa shape index (κ2) is 9.79. The molecule has 0 radical (unpaired) electrons. The van der Waals surface area contributed by atoms with Crippen molar-refractivity contribution >= 4 is 23.1 Å². The van der Waals surface area contributed by atoms with E-state index in [1.807, 2.05) is 62.2 Å². The highest BCUT2D eigenvalue weighted by Crippen LogP contribution is 2.37. The summed E-state index contributed by atoms with van der Waals surface area (Å²) in [5.41, 5.74) is 3.38. The van der Waals surface area contributed by atoms with Crippen LogP contribution < -0.4 is 9.64 Å². The number of likely N-dealkylation sites (N-methyl/N-ethyl adjacent to an activating group) is 1. The molecule has 1 saturated heterocycles. The Hall–Kier alpha value is -3.12. The first-order valence-corrected chi connectivity index (χ1v) is 11.7. The van der Waals surface area contributed by atoms with Crippen LogP contribution in [-0.4, -0.2) is 61.4 Å². The lowest BCUT2D eigenvalue weighted by Crippen LogP contribution is -2.43. The molecule has 0 unspecified atom stereocenters. The third kappa shape index (κ3) is 4.67. The van der Waals surface area contributed by atoms with Gasteiger partial charge in [-0.15, -0.1) is 0 Å². The van der Waals surface area contributed by atoms with Crippen molar-refractivity contribution in [3.05, 3.63) is 65.4 Å². The van der Waals surface area contributed by atoms with E-state index in [4.69, 9.17) is 4.74 Å². The molecule has 1 fully saturated rings. The molecular formula is C27H33N3O3. The predicted molar refractivity (Wildman–Crippen MR) is 131 cm³/mol. The number of amides is 2. The number of nitrogens with zero attached hydrogens (tertiary/aromatic N) is 3. The molecule has 4 rings (SSSR count). The van der Waals surface area contributed by atoms with Crippen molar-refractivity contribution in [2.75, 3.05) is 38.7 Å². The zero-order valence-electron chi connectivity index (χ0n) is 20.0. The minimum atomic E-state index is -0.286. The number of benzene rings is 2. The zero-order valence-corrected chi connectivity index (χ0v) is 20.0. The van der Waals surface area contributed by atoms with Crippen LogP contribution in [0.3, 0.4) is 0 Å². The van der Waals surface area contributed by atoms with E-state index in [0.29, 0.717) is 29.3 Å². The van der Waals surface area contributed by atoms with E-state index in [1.165, 1.54) is 4.90 Å². The summed E-state index contributed by atoms with van der Waals surface area (Å²) in [7, 11) is 4.07. The van der Waals surface area contributed by atoms with Gasteiger partial charge in [0.2, 0.25) is 0 Å². The lowest BCUT2D eigenvalue weighted by Gasteiger charge is -2.36. The minimum Gasteiger partial charge on any atom is -0.494 e. The van der Waals surface area contributed by atoms with Crippen molar-refractivity contribution in [1.82, 2.24) is 9.80 Å². The number of imide groups is 1. The second-order valence-corrected chi connectivity index (χ2v) is 9.03. The number of hydrogen-bond acceptors (Lipinski definition) is 5. The standard InChI is InChI=1S/C27H33N3O3/c1-5-17-33-23-8-6-7-22(18-23)30-26(31)24(20-11-9-19(2)10-12-20)25(27(30)32)29(4)21-13-15-28(3)16-14-21/h6-12,18,21H,5,13-17H2,1-4H3. The number of hydrogen-bond donors (Lipinski definition) is 0. The molecule has 2 heterocycles. The van der Waals surface area contributed by atoms with Crippen molar-refractivity contribution in [3.8, 4) is 5.75 Å². The zero-order chi connectivity index (χ0) is 23.5. The SMILES string of the molecule is CCCOc1cccc(N2C(=O)C(c3ccc(C)cc3)=C(N(C)C3CCN(C)CC3)C2=O)c1. The average molecular weight is 448 g/mol. The summed E-state index contributed by atoms with van der Waals surface area (Å²) in [6.07, 6.45) is 2.80. The molecule has 0 aromatic heterocycles. The van der Waals surface area contributed by atoms with Crippen LogP contribution in [0.5, 0.6) is 5.75 Å². The van der Waals surface area contributed by atoms with Crippen LogP contribution in [0.25, 0.3) is 5.57 Å². The third-order valence-electron chi connectivity index (χ3n) is 6.54. The third-order valence-corrected chi connectivity index (χ3v) is 6.54. The maximum atomic E-state index is 13.8. The number of rotatable bonds is 7. The van der Waals surface area contributed by atoms with Crippen LogP contribution in [0.4, 0.5) is 5.69 Å². The topological polar surface area (TPSA) is 53.1 Å².